The van der Waals surface area contributed by atoms with Gasteiger partial charge in [-0.1, -0.05) is 28.1 Å². The maximum atomic E-state index is 11.8. The van der Waals surface area contributed by atoms with Crippen molar-refractivity contribution in [3.05, 3.63) is 58.6 Å². The molecule has 0 aromatic heterocycles. The minimum Gasteiger partial charge on any atom is -0.497 e. The average molecular weight is 404 g/mol. The van der Waals surface area contributed by atoms with Crippen molar-refractivity contribution >= 4 is 39.6 Å². The molecule has 7 heteroatoms. The van der Waals surface area contributed by atoms with Gasteiger partial charge in [-0.05, 0) is 42.0 Å². The molecule has 2 aromatic carbocycles. The first kappa shape index (κ1) is 18.7. The van der Waals surface area contributed by atoms with E-state index in [2.05, 4.69) is 31.8 Å². The number of rotatable bonds is 7. The molecular weight excluding hydrogens is 386 g/mol. The van der Waals surface area contributed by atoms with Gasteiger partial charge in [-0.3, -0.25) is 9.59 Å². The topological polar surface area (TPSA) is 79.8 Å². The van der Waals surface area contributed by atoms with Crippen molar-refractivity contribution in [3.8, 4) is 5.75 Å². The van der Waals surface area contributed by atoms with Crippen LogP contribution in [0.2, 0.25) is 0 Å². The first-order chi connectivity index (χ1) is 12.1. The molecule has 0 heterocycles. The molecule has 130 valence electrons. The molecule has 6 nitrogen and oxygen atoms in total. The van der Waals surface area contributed by atoms with Gasteiger partial charge in [-0.15, -0.1) is 0 Å². The zero-order chi connectivity index (χ0) is 18.1. The SMILES string of the molecule is COc1ccc(NC(=O)CCC(=O)N/N=C/c2ccc(Br)cc2)cc1. The summed E-state index contributed by atoms with van der Waals surface area (Å²) in [4.78, 5) is 23.5. The molecule has 2 rings (SSSR count). The van der Waals surface area contributed by atoms with Gasteiger partial charge in [0.2, 0.25) is 11.8 Å². The van der Waals surface area contributed by atoms with Gasteiger partial charge in [0.1, 0.15) is 5.75 Å². The second-order valence-corrected chi connectivity index (χ2v) is 6.04. The smallest absolute Gasteiger partial charge is 0.240 e. The number of carbonyl (C=O) groups is 2. The second kappa shape index (κ2) is 9.58. The van der Waals surface area contributed by atoms with Crippen LogP contribution < -0.4 is 15.5 Å². The number of hydrogen-bond donors (Lipinski definition) is 2. The van der Waals surface area contributed by atoms with E-state index >= 15 is 0 Å². The molecule has 25 heavy (non-hydrogen) atoms. The Morgan fingerprint density at radius 3 is 2.32 bits per heavy atom. The lowest BCUT2D eigenvalue weighted by Crippen LogP contribution is -2.20. The van der Waals surface area contributed by atoms with Crippen LogP contribution in [0, 0.1) is 0 Å². The number of benzene rings is 2. The number of amides is 2. The van der Waals surface area contributed by atoms with Crippen molar-refractivity contribution in [1.29, 1.82) is 0 Å². The number of methoxy groups -OCH3 is 1. The number of nitrogens with zero attached hydrogens (tertiary/aromatic N) is 1. The van der Waals surface area contributed by atoms with Crippen molar-refractivity contribution in [3.63, 3.8) is 0 Å². The van der Waals surface area contributed by atoms with Crippen LogP contribution >= 0.6 is 15.9 Å². The third-order valence-electron chi connectivity index (χ3n) is 3.23. The quantitative estimate of drug-likeness (QED) is 0.549. The van der Waals surface area contributed by atoms with Crippen LogP contribution in [0.15, 0.2) is 58.1 Å². The van der Waals surface area contributed by atoms with Crippen molar-refractivity contribution in [2.75, 3.05) is 12.4 Å². The molecule has 0 aliphatic carbocycles. The monoisotopic (exact) mass is 403 g/mol. The van der Waals surface area contributed by atoms with E-state index in [4.69, 9.17) is 4.74 Å². The van der Waals surface area contributed by atoms with E-state index < -0.39 is 0 Å². The number of nitrogens with one attached hydrogen (secondary N) is 2. The lowest BCUT2D eigenvalue weighted by Gasteiger charge is -2.06. The van der Waals surface area contributed by atoms with Gasteiger partial charge in [-0.25, -0.2) is 5.43 Å². The number of carbonyl (C=O) groups excluding carboxylic acids is 2. The Hall–Kier alpha value is -2.67. The van der Waals surface area contributed by atoms with E-state index in [1.165, 1.54) is 0 Å². The van der Waals surface area contributed by atoms with Gasteiger partial charge in [0, 0.05) is 23.0 Å². The van der Waals surface area contributed by atoms with Crippen LogP contribution in [-0.2, 0) is 9.59 Å². The Morgan fingerprint density at radius 2 is 1.68 bits per heavy atom. The Balaban J connectivity index is 1.71. The van der Waals surface area contributed by atoms with Crippen molar-refractivity contribution in [2.45, 2.75) is 12.8 Å². The van der Waals surface area contributed by atoms with Crippen LogP contribution in [-0.4, -0.2) is 25.1 Å². The Morgan fingerprint density at radius 1 is 1.04 bits per heavy atom. The first-order valence-corrected chi connectivity index (χ1v) is 8.37. The third kappa shape index (κ3) is 6.76. The zero-order valence-electron chi connectivity index (χ0n) is 13.7. The van der Waals surface area contributed by atoms with E-state index in [0.717, 1.165) is 10.0 Å². The molecule has 0 aliphatic rings. The van der Waals surface area contributed by atoms with Gasteiger partial charge in [0.05, 0.1) is 13.3 Å². The summed E-state index contributed by atoms with van der Waals surface area (Å²) in [6.07, 6.45) is 1.67. The van der Waals surface area contributed by atoms with Crippen molar-refractivity contribution in [2.24, 2.45) is 5.10 Å². The largest absolute Gasteiger partial charge is 0.497 e. The highest BCUT2D eigenvalue weighted by molar-refractivity contribution is 9.10. The number of anilines is 1. The summed E-state index contributed by atoms with van der Waals surface area (Å²) in [7, 11) is 1.57. The molecule has 0 saturated carbocycles. The molecule has 2 aromatic rings. The van der Waals surface area contributed by atoms with E-state index in [9.17, 15) is 9.59 Å². The van der Waals surface area contributed by atoms with E-state index in [1.54, 1.807) is 37.6 Å². The summed E-state index contributed by atoms with van der Waals surface area (Å²) in [5.41, 5.74) is 3.92. The maximum Gasteiger partial charge on any atom is 0.240 e. The first-order valence-electron chi connectivity index (χ1n) is 7.58. The normalized spacial score (nSPS) is 10.5. The summed E-state index contributed by atoms with van der Waals surface area (Å²) in [6.45, 7) is 0. The van der Waals surface area contributed by atoms with Crippen LogP contribution in [0.5, 0.6) is 5.75 Å². The Bertz CT molecular complexity index is 743. The average Bonchev–Trinajstić information content (AvgIpc) is 2.62. The van der Waals surface area contributed by atoms with Gasteiger partial charge in [0.25, 0.3) is 0 Å². The van der Waals surface area contributed by atoms with Crippen LogP contribution in [0.3, 0.4) is 0 Å². The van der Waals surface area contributed by atoms with Crippen LogP contribution in [0.25, 0.3) is 0 Å². The van der Waals surface area contributed by atoms with Gasteiger partial charge >= 0.3 is 0 Å². The second-order valence-electron chi connectivity index (χ2n) is 5.12. The van der Waals surface area contributed by atoms with E-state index in [0.29, 0.717) is 11.4 Å². The fraction of sp³-hybridized carbons (Fsp3) is 0.167. The molecule has 0 spiro atoms. The Labute approximate surface area is 154 Å². The number of hydrogen-bond acceptors (Lipinski definition) is 4. The molecule has 0 bridgehead atoms. The van der Waals surface area contributed by atoms with Crippen molar-refractivity contribution in [1.82, 2.24) is 5.43 Å². The molecule has 0 fully saturated rings. The predicted octanol–water partition coefficient (Wildman–Crippen LogP) is 3.33. The van der Waals surface area contributed by atoms with E-state index in [1.807, 2.05) is 24.3 Å². The maximum absolute atomic E-state index is 11.8. The molecule has 0 unspecified atom stereocenters. The molecule has 0 radical (unpaired) electrons. The summed E-state index contributed by atoms with van der Waals surface area (Å²) >= 11 is 3.34. The number of halogens is 1. The molecule has 0 saturated heterocycles. The van der Waals surface area contributed by atoms with Crippen LogP contribution in [0.1, 0.15) is 18.4 Å². The summed E-state index contributed by atoms with van der Waals surface area (Å²) in [5.74, 6) is 0.150. The third-order valence-corrected chi connectivity index (χ3v) is 3.75. The highest BCUT2D eigenvalue weighted by Gasteiger charge is 2.06. The number of ether oxygens (including phenoxy) is 1. The molecule has 0 aliphatic heterocycles. The molecular formula is C18H18BrN3O3. The molecule has 2 amide bonds. The zero-order valence-corrected chi connectivity index (χ0v) is 15.2. The lowest BCUT2D eigenvalue weighted by molar-refractivity contribution is -0.124. The van der Waals surface area contributed by atoms with Gasteiger partial charge < -0.3 is 10.1 Å². The lowest BCUT2D eigenvalue weighted by atomic mass is 10.2. The summed E-state index contributed by atoms with van der Waals surface area (Å²) in [6, 6.07) is 14.5. The highest BCUT2D eigenvalue weighted by Crippen LogP contribution is 2.15. The van der Waals surface area contributed by atoms with Crippen molar-refractivity contribution < 1.29 is 14.3 Å². The minimum atomic E-state index is -0.321. The summed E-state index contributed by atoms with van der Waals surface area (Å²) < 4.78 is 6.02. The summed E-state index contributed by atoms with van der Waals surface area (Å²) in [5, 5.41) is 6.59. The Kier molecular flexibility index (Phi) is 7.16. The minimum absolute atomic E-state index is 0.0552. The fourth-order valence-corrected chi connectivity index (χ4v) is 2.17. The predicted molar refractivity (Wildman–Crippen MR) is 101 cm³/mol. The van der Waals surface area contributed by atoms with Gasteiger partial charge in [-0.2, -0.15) is 5.10 Å². The standard InChI is InChI=1S/C18H18BrN3O3/c1-25-16-8-6-15(7-9-16)21-17(23)10-11-18(24)22-20-12-13-2-4-14(19)5-3-13/h2-9,12H,10-11H2,1H3,(H,21,23)(H,22,24)/b20-12+. The molecule has 0 atom stereocenters. The molecule has 2 N–H and O–H groups in total. The van der Waals surface area contributed by atoms with Gasteiger partial charge in [0.15, 0.2) is 0 Å². The number of hydrazone groups is 1. The highest BCUT2D eigenvalue weighted by atomic mass is 79.9. The van der Waals surface area contributed by atoms with E-state index in [-0.39, 0.29) is 24.7 Å². The van der Waals surface area contributed by atoms with Crippen LogP contribution in [0.4, 0.5) is 5.69 Å². The fourth-order valence-electron chi connectivity index (χ4n) is 1.91.